The predicted octanol–water partition coefficient (Wildman–Crippen LogP) is 2.04. The van der Waals surface area contributed by atoms with E-state index < -0.39 is 0 Å². The maximum absolute atomic E-state index is 5.23. The van der Waals surface area contributed by atoms with Gasteiger partial charge in [-0.2, -0.15) is 16.7 Å². The van der Waals surface area contributed by atoms with Gasteiger partial charge in [0.05, 0.1) is 6.04 Å². The van der Waals surface area contributed by atoms with Gasteiger partial charge in [0.15, 0.2) is 5.82 Å². The van der Waals surface area contributed by atoms with Crippen LogP contribution in [0.15, 0.2) is 4.52 Å². The lowest BCUT2D eigenvalue weighted by Crippen LogP contribution is -2.15. The second kappa shape index (κ2) is 5.68. The zero-order valence-corrected chi connectivity index (χ0v) is 10.7. The fourth-order valence-corrected chi connectivity index (χ4v) is 3.03. The van der Waals surface area contributed by atoms with Gasteiger partial charge in [0, 0.05) is 6.42 Å². The van der Waals surface area contributed by atoms with E-state index in [1.807, 2.05) is 25.7 Å². The normalized spacial score (nSPS) is 23.2. The van der Waals surface area contributed by atoms with Crippen molar-refractivity contribution in [2.45, 2.75) is 32.2 Å². The first-order valence-corrected chi connectivity index (χ1v) is 7.02. The molecular formula is C11H19N3OS. The van der Waals surface area contributed by atoms with E-state index in [-0.39, 0.29) is 6.04 Å². The van der Waals surface area contributed by atoms with Crippen molar-refractivity contribution in [3.05, 3.63) is 11.7 Å². The van der Waals surface area contributed by atoms with Gasteiger partial charge in [0.25, 0.3) is 0 Å². The largest absolute Gasteiger partial charge is 0.338 e. The van der Waals surface area contributed by atoms with Gasteiger partial charge in [-0.15, -0.1) is 0 Å². The molecule has 1 fully saturated rings. The van der Waals surface area contributed by atoms with Crippen LogP contribution in [-0.4, -0.2) is 28.7 Å². The fraction of sp³-hybridized carbons (Fsp3) is 0.818. The number of aromatic nitrogens is 2. The van der Waals surface area contributed by atoms with Crippen LogP contribution in [0.4, 0.5) is 0 Å². The first kappa shape index (κ1) is 11.9. The van der Waals surface area contributed by atoms with Crippen LogP contribution in [0.1, 0.15) is 37.5 Å². The van der Waals surface area contributed by atoms with E-state index >= 15 is 0 Å². The van der Waals surface area contributed by atoms with Crippen molar-refractivity contribution >= 4 is 11.8 Å². The summed E-state index contributed by atoms with van der Waals surface area (Å²) in [5.74, 6) is 4.84. The van der Waals surface area contributed by atoms with Crippen LogP contribution in [0, 0.1) is 5.92 Å². The molecule has 0 bridgehead atoms. The number of hydrogen-bond acceptors (Lipinski definition) is 5. The summed E-state index contributed by atoms with van der Waals surface area (Å²) in [4.78, 5) is 4.43. The first-order valence-electron chi connectivity index (χ1n) is 5.87. The van der Waals surface area contributed by atoms with Crippen LogP contribution < -0.4 is 5.32 Å². The Labute approximate surface area is 101 Å². The lowest BCUT2D eigenvalue weighted by atomic mass is 10.0. The van der Waals surface area contributed by atoms with Crippen molar-refractivity contribution in [3.8, 4) is 0 Å². The molecule has 90 valence electrons. The lowest BCUT2D eigenvalue weighted by molar-refractivity contribution is 0.341. The molecule has 1 saturated heterocycles. The monoisotopic (exact) mass is 241 g/mol. The van der Waals surface area contributed by atoms with Crippen molar-refractivity contribution < 1.29 is 4.52 Å². The highest BCUT2D eigenvalue weighted by molar-refractivity contribution is 7.99. The molecular weight excluding hydrogens is 222 g/mol. The van der Waals surface area contributed by atoms with E-state index in [9.17, 15) is 0 Å². The van der Waals surface area contributed by atoms with Crippen molar-refractivity contribution in [1.82, 2.24) is 15.5 Å². The molecule has 0 spiro atoms. The minimum absolute atomic E-state index is 0.141. The maximum Gasteiger partial charge on any atom is 0.243 e. The Hall–Kier alpha value is -0.550. The SMILES string of the molecule is CNC(C)c1nc(CC2CCCSC2)no1. The molecule has 4 nitrogen and oxygen atoms in total. The van der Waals surface area contributed by atoms with Crippen LogP contribution in [0.2, 0.25) is 0 Å². The average molecular weight is 241 g/mol. The Bertz CT molecular complexity index is 323. The van der Waals surface area contributed by atoms with Gasteiger partial charge in [-0.3, -0.25) is 0 Å². The second-order valence-corrected chi connectivity index (χ2v) is 5.50. The minimum atomic E-state index is 0.141. The Morgan fingerprint density at radius 2 is 2.50 bits per heavy atom. The lowest BCUT2D eigenvalue weighted by Gasteiger charge is -2.19. The van der Waals surface area contributed by atoms with Crippen LogP contribution in [0.25, 0.3) is 0 Å². The Kier molecular flexibility index (Phi) is 4.23. The van der Waals surface area contributed by atoms with Crippen LogP contribution in [0.5, 0.6) is 0 Å². The van der Waals surface area contributed by atoms with Gasteiger partial charge in [-0.05, 0) is 44.2 Å². The molecule has 0 amide bonds. The molecule has 0 saturated carbocycles. The molecule has 0 aliphatic carbocycles. The van der Waals surface area contributed by atoms with E-state index in [0.717, 1.165) is 18.2 Å². The number of nitrogens with one attached hydrogen (secondary N) is 1. The molecule has 1 aromatic heterocycles. The number of nitrogens with zero attached hydrogens (tertiary/aromatic N) is 2. The van der Waals surface area contributed by atoms with E-state index in [0.29, 0.717) is 5.89 Å². The molecule has 1 aliphatic heterocycles. The molecule has 1 N–H and O–H groups in total. The number of thioether (sulfide) groups is 1. The Morgan fingerprint density at radius 1 is 1.62 bits per heavy atom. The summed E-state index contributed by atoms with van der Waals surface area (Å²) in [7, 11) is 1.90. The predicted molar refractivity (Wildman–Crippen MR) is 65.5 cm³/mol. The number of rotatable bonds is 4. The summed E-state index contributed by atoms with van der Waals surface area (Å²) < 4.78 is 5.23. The van der Waals surface area contributed by atoms with E-state index in [1.165, 1.54) is 24.3 Å². The van der Waals surface area contributed by atoms with Gasteiger partial charge >= 0.3 is 0 Å². The summed E-state index contributed by atoms with van der Waals surface area (Å²) >= 11 is 2.04. The molecule has 2 heterocycles. The standard InChI is InChI=1S/C11H19N3OS/c1-8(12-2)11-13-10(14-15-11)6-9-4-3-5-16-7-9/h8-9,12H,3-7H2,1-2H3. The summed E-state index contributed by atoms with van der Waals surface area (Å²) in [5, 5.41) is 7.14. The van der Waals surface area contributed by atoms with E-state index in [4.69, 9.17) is 4.52 Å². The number of hydrogen-bond donors (Lipinski definition) is 1. The fourth-order valence-electron chi connectivity index (χ4n) is 1.88. The summed E-state index contributed by atoms with van der Waals surface area (Å²) in [6, 6.07) is 0.141. The Balaban J connectivity index is 1.91. The summed E-state index contributed by atoms with van der Waals surface area (Å²) in [6.45, 7) is 2.02. The van der Waals surface area contributed by atoms with Crippen molar-refractivity contribution in [2.24, 2.45) is 5.92 Å². The van der Waals surface area contributed by atoms with Crippen molar-refractivity contribution in [3.63, 3.8) is 0 Å². The van der Waals surface area contributed by atoms with Crippen molar-refractivity contribution in [1.29, 1.82) is 0 Å². The summed E-state index contributed by atoms with van der Waals surface area (Å²) in [5.41, 5.74) is 0. The third kappa shape index (κ3) is 2.98. The maximum atomic E-state index is 5.23. The van der Waals surface area contributed by atoms with Gasteiger partial charge < -0.3 is 9.84 Å². The minimum Gasteiger partial charge on any atom is -0.338 e. The Morgan fingerprint density at radius 3 is 3.19 bits per heavy atom. The van der Waals surface area contributed by atoms with Gasteiger partial charge in [-0.1, -0.05) is 5.16 Å². The molecule has 0 radical (unpaired) electrons. The molecule has 2 atom stereocenters. The van der Waals surface area contributed by atoms with Gasteiger partial charge in [-0.25, -0.2) is 0 Å². The first-order chi connectivity index (χ1) is 7.79. The zero-order valence-electron chi connectivity index (χ0n) is 9.90. The molecule has 2 unspecified atom stereocenters. The van der Waals surface area contributed by atoms with Crippen LogP contribution in [-0.2, 0) is 6.42 Å². The van der Waals surface area contributed by atoms with E-state index in [1.54, 1.807) is 0 Å². The quantitative estimate of drug-likeness (QED) is 0.874. The zero-order chi connectivity index (χ0) is 11.4. The van der Waals surface area contributed by atoms with E-state index in [2.05, 4.69) is 15.5 Å². The highest BCUT2D eigenvalue weighted by Crippen LogP contribution is 2.25. The highest BCUT2D eigenvalue weighted by Gasteiger charge is 2.18. The molecule has 2 rings (SSSR count). The second-order valence-electron chi connectivity index (χ2n) is 4.35. The average Bonchev–Trinajstić information content (AvgIpc) is 2.78. The third-order valence-electron chi connectivity index (χ3n) is 3.01. The van der Waals surface area contributed by atoms with Crippen LogP contribution >= 0.6 is 11.8 Å². The smallest absolute Gasteiger partial charge is 0.243 e. The molecule has 16 heavy (non-hydrogen) atoms. The summed E-state index contributed by atoms with van der Waals surface area (Å²) in [6.07, 6.45) is 3.60. The topological polar surface area (TPSA) is 51.0 Å². The molecule has 1 aliphatic rings. The van der Waals surface area contributed by atoms with Crippen LogP contribution in [0.3, 0.4) is 0 Å². The molecule has 1 aromatic rings. The van der Waals surface area contributed by atoms with Gasteiger partial charge in [0.2, 0.25) is 5.89 Å². The third-order valence-corrected chi connectivity index (χ3v) is 4.30. The highest BCUT2D eigenvalue weighted by atomic mass is 32.2. The van der Waals surface area contributed by atoms with Crippen molar-refractivity contribution in [2.75, 3.05) is 18.6 Å². The molecule has 0 aromatic carbocycles. The molecule has 5 heteroatoms. The van der Waals surface area contributed by atoms with Gasteiger partial charge in [0.1, 0.15) is 0 Å².